The number of likely N-dealkylation sites (N-methyl/N-ethyl adjacent to an activating group) is 1. The number of ether oxygens (including phenoxy) is 1. The highest BCUT2D eigenvalue weighted by atomic mass is 16.5. The van der Waals surface area contributed by atoms with Gasteiger partial charge in [-0.25, -0.2) is 5.43 Å². The van der Waals surface area contributed by atoms with E-state index in [1.807, 2.05) is 0 Å². The molecule has 0 heterocycles. The van der Waals surface area contributed by atoms with Gasteiger partial charge in [-0.2, -0.15) is 0 Å². The van der Waals surface area contributed by atoms with E-state index in [4.69, 9.17) is 4.74 Å². The number of nitrogens with one attached hydrogen (secondary N) is 2. The summed E-state index contributed by atoms with van der Waals surface area (Å²) in [6.07, 6.45) is 17.5. The van der Waals surface area contributed by atoms with Crippen LogP contribution in [0.4, 0.5) is 0 Å². The minimum atomic E-state index is -0.259. The molecule has 6 nitrogen and oxygen atoms in total. The molecular weight excluding hydrogens is 354 g/mol. The van der Waals surface area contributed by atoms with Gasteiger partial charge in [-0.15, -0.1) is 0 Å². The Balaban J connectivity index is 3.32. The van der Waals surface area contributed by atoms with Crippen molar-refractivity contribution in [3.8, 4) is 0 Å². The average molecular weight is 400 g/mol. The lowest BCUT2D eigenvalue weighted by molar-refractivity contribution is -0.144. The number of hydrogen-bond donors (Lipinski definition) is 2. The van der Waals surface area contributed by atoms with Gasteiger partial charge in [-0.3, -0.25) is 19.9 Å². The van der Waals surface area contributed by atoms with E-state index in [1.165, 1.54) is 70.6 Å². The van der Waals surface area contributed by atoms with E-state index in [9.17, 15) is 9.59 Å². The van der Waals surface area contributed by atoms with Crippen LogP contribution in [0.5, 0.6) is 0 Å². The summed E-state index contributed by atoms with van der Waals surface area (Å²) >= 11 is 0. The van der Waals surface area contributed by atoms with Crippen molar-refractivity contribution in [1.82, 2.24) is 15.8 Å². The van der Waals surface area contributed by atoms with Gasteiger partial charge < -0.3 is 4.74 Å². The summed E-state index contributed by atoms with van der Waals surface area (Å²) in [5.74, 6) is -0.252. The van der Waals surface area contributed by atoms with E-state index < -0.39 is 0 Å². The van der Waals surface area contributed by atoms with Crippen LogP contribution in [0.3, 0.4) is 0 Å². The molecule has 1 amide bonds. The first-order valence-corrected chi connectivity index (χ1v) is 11.5. The van der Waals surface area contributed by atoms with Crippen molar-refractivity contribution in [2.45, 2.75) is 104 Å². The van der Waals surface area contributed by atoms with Gasteiger partial charge in [0.05, 0.1) is 19.8 Å². The molecular formula is C22H45N3O3. The lowest BCUT2D eigenvalue weighted by atomic mass is 10.0. The largest absolute Gasteiger partial charge is 0.465 e. The third-order valence-corrected chi connectivity index (χ3v) is 4.79. The van der Waals surface area contributed by atoms with Gasteiger partial charge in [0, 0.05) is 6.42 Å². The van der Waals surface area contributed by atoms with Crippen LogP contribution in [0.1, 0.15) is 104 Å². The maximum atomic E-state index is 11.8. The monoisotopic (exact) mass is 399 g/mol. The number of carbonyl (C=O) groups excluding carboxylic acids is 2. The molecule has 0 rings (SSSR count). The predicted molar refractivity (Wildman–Crippen MR) is 116 cm³/mol. The molecule has 0 aliphatic rings. The lowest BCUT2D eigenvalue weighted by Gasteiger charge is -2.16. The SMILES string of the molecule is CCCCCCCCCCCCCCCC(=O)NNCN(C)CC(=O)OCC. The Morgan fingerprint density at radius 1 is 0.786 bits per heavy atom. The Kier molecular flexibility index (Phi) is 19.8. The summed E-state index contributed by atoms with van der Waals surface area (Å²) in [7, 11) is 1.79. The summed E-state index contributed by atoms with van der Waals surface area (Å²) in [4.78, 5) is 24.8. The van der Waals surface area contributed by atoms with Crippen molar-refractivity contribution in [2.75, 3.05) is 26.9 Å². The highest BCUT2D eigenvalue weighted by molar-refractivity contribution is 5.75. The van der Waals surface area contributed by atoms with Gasteiger partial charge in [0.2, 0.25) is 5.91 Å². The van der Waals surface area contributed by atoms with Crippen molar-refractivity contribution in [3.05, 3.63) is 0 Å². The Morgan fingerprint density at radius 2 is 1.29 bits per heavy atom. The second-order valence-electron chi connectivity index (χ2n) is 7.69. The first kappa shape index (κ1) is 26.9. The molecule has 2 N–H and O–H groups in total. The average Bonchev–Trinajstić information content (AvgIpc) is 2.65. The Morgan fingerprint density at radius 3 is 1.79 bits per heavy atom. The number of carbonyl (C=O) groups is 2. The standard InChI is InChI=1S/C22H45N3O3/c1-4-6-7-8-9-10-11-12-13-14-15-16-17-18-21(26)24-23-20-25(3)19-22(27)28-5-2/h23H,4-20H2,1-3H3,(H,24,26). The van der Waals surface area contributed by atoms with Crippen LogP contribution < -0.4 is 10.9 Å². The molecule has 28 heavy (non-hydrogen) atoms. The molecule has 0 aromatic heterocycles. The van der Waals surface area contributed by atoms with Crippen LogP contribution in [-0.2, 0) is 14.3 Å². The fraction of sp³-hybridized carbons (Fsp3) is 0.909. The molecule has 0 saturated carbocycles. The fourth-order valence-electron chi connectivity index (χ4n) is 3.12. The van der Waals surface area contributed by atoms with E-state index in [0.717, 1.165) is 12.8 Å². The van der Waals surface area contributed by atoms with E-state index >= 15 is 0 Å². The number of hydrazine groups is 1. The summed E-state index contributed by atoms with van der Waals surface area (Å²) in [5.41, 5.74) is 5.53. The normalized spacial score (nSPS) is 11.0. The third kappa shape index (κ3) is 19.6. The van der Waals surface area contributed by atoms with Crippen LogP contribution in [0, 0.1) is 0 Å². The third-order valence-electron chi connectivity index (χ3n) is 4.79. The Bertz CT molecular complexity index is 378. The minimum Gasteiger partial charge on any atom is -0.465 e. The van der Waals surface area contributed by atoms with Crippen LogP contribution in [0.25, 0.3) is 0 Å². The molecule has 0 atom stereocenters. The molecule has 0 saturated heterocycles. The van der Waals surface area contributed by atoms with Crippen LogP contribution >= 0.6 is 0 Å². The molecule has 166 valence electrons. The summed E-state index contributed by atoms with van der Waals surface area (Å²) in [6, 6.07) is 0. The smallest absolute Gasteiger partial charge is 0.320 e. The van der Waals surface area contributed by atoms with Gasteiger partial charge in [0.1, 0.15) is 0 Å². The maximum absolute atomic E-state index is 11.8. The molecule has 0 aromatic carbocycles. The van der Waals surface area contributed by atoms with Crippen molar-refractivity contribution in [2.24, 2.45) is 0 Å². The number of unbranched alkanes of at least 4 members (excludes halogenated alkanes) is 12. The molecule has 0 aromatic rings. The lowest BCUT2D eigenvalue weighted by Crippen LogP contribution is -2.44. The summed E-state index contributed by atoms with van der Waals surface area (Å²) in [5, 5.41) is 0. The van der Waals surface area contributed by atoms with Crippen molar-refractivity contribution in [1.29, 1.82) is 0 Å². The number of nitrogens with zero attached hydrogens (tertiary/aromatic N) is 1. The van der Waals surface area contributed by atoms with Crippen LogP contribution in [-0.4, -0.2) is 43.6 Å². The van der Waals surface area contributed by atoms with E-state index in [1.54, 1.807) is 18.9 Å². The summed E-state index contributed by atoms with van der Waals surface area (Å²) < 4.78 is 4.87. The van der Waals surface area contributed by atoms with Crippen molar-refractivity contribution in [3.63, 3.8) is 0 Å². The Hall–Kier alpha value is -1.14. The predicted octanol–water partition coefficient (Wildman–Crippen LogP) is 4.54. The molecule has 6 heteroatoms. The molecule has 0 unspecified atom stereocenters. The molecule has 0 radical (unpaired) electrons. The highest BCUT2D eigenvalue weighted by Crippen LogP contribution is 2.12. The van der Waals surface area contributed by atoms with Crippen LogP contribution in [0.2, 0.25) is 0 Å². The zero-order valence-electron chi connectivity index (χ0n) is 18.7. The number of amides is 1. The van der Waals surface area contributed by atoms with Crippen molar-refractivity contribution < 1.29 is 14.3 Å². The first-order valence-electron chi connectivity index (χ1n) is 11.5. The fourth-order valence-corrected chi connectivity index (χ4v) is 3.12. The van der Waals surface area contributed by atoms with Crippen LogP contribution in [0.15, 0.2) is 0 Å². The van der Waals surface area contributed by atoms with Gasteiger partial charge in [-0.05, 0) is 20.4 Å². The van der Waals surface area contributed by atoms with Gasteiger partial charge in [0.15, 0.2) is 0 Å². The van der Waals surface area contributed by atoms with Gasteiger partial charge >= 0.3 is 5.97 Å². The van der Waals surface area contributed by atoms with Gasteiger partial charge in [0.25, 0.3) is 0 Å². The zero-order valence-corrected chi connectivity index (χ0v) is 18.7. The minimum absolute atomic E-state index is 0.00704. The molecule has 0 aliphatic heterocycles. The number of rotatable bonds is 20. The Labute approximate surface area is 173 Å². The second-order valence-corrected chi connectivity index (χ2v) is 7.69. The van der Waals surface area contributed by atoms with E-state index in [0.29, 0.717) is 19.7 Å². The van der Waals surface area contributed by atoms with Crippen molar-refractivity contribution >= 4 is 11.9 Å². The van der Waals surface area contributed by atoms with E-state index in [-0.39, 0.29) is 18.4 Å². The molecule has 0 aliphatic carbocycles. The maximum Gasteiger partial charge on any atom is 0.320 e. The molecule has 0 spiro atoms. The topological polar surface area (TPSA) is 70.7 Å². The van der Waals surface area contributed by atoms with E-state index in [2.05, 4.69) is 17.8 Å². The zero-order chi connectivity index (χ0) is 20.9. The highest BCUT2D eigenvalue weighted by Gasteiger charge is 2.07. The molecule has 0 bridgehead atoms. The number of hydrogen-bond acceptors (Lipinski definition) is 5. The number of esters is 1. The summed E-state index contributed by atoms with van der Waals surface area (Å²) in [6.45, 7) is 5.04. The second kappa shape index (κ2) is 20.6. The molecule has 0 fully saturated rings. The quantitative estimate of drug-likeness (QED) is 0.136. The first-order chi connectivity index (χ1) is 13.6. The van der Waals surface area contributed by atoms with Gasteiger partial charge in [-0.1, -0.05) is 84.0 Å².